The van der Waals surface area contributed by atoms with Crippen LogP contribution in [0.25, 0.3) is 0 Å². The summed E-state index contributed by atoms with van der Waals surface area (Å²) in [7, 11) is -11.2. The van der Waals surface area contributed by atoms with Crippen LogP contribution in [0, 0.1) is 23.7 Å². The number of benzene rings is 2. The fourth-order valence-corrected chi connectivity index (χ4v) is 7.46. The molecule has 268 valence electrons. The van der Waals surface area contributed by atoms with E-state index < -0.39 is 33.8 Å². The summed E-state index contributed by atoms with van der Waals surface area (Å²) >= 11 is 0. The van der Waals surface area contributed by atoms with Gasteiger partial charge in [-0.05, 0) is 132 Å². The van der Waals surface area contributed by atoms with Gasteiger partial charge in [-0.25, -0.2) is 4.79 Å². The van der Waals surface area contributed by atoms with Crippen LogP contribution in [0.15, 0.2) is 24.3 Å². The average molecular weight is 691 g/mol. The van der Waals surface area contributed by atoms with Crippen molar-refractivity contribution < 1.29 is 54.5 Å². The molecule has 2 atom stereocenters. The highest BCUT2D eigenvalue weighted by Crippen LogP contribution is 2.41. The van der Waals surface area contributed by atoms with Gasteiger partial charge in [0.05, 0.1) is 44.6 Å². The van der Waals surface area contributed by atoms with Crippen LogP contribution in [0.3, 0.4) is 0 Å². The van der Waals surface area contributed by atoms with Crippen molar-refractivity contribution in [1.29, 1.82) is 0 Å². The Morgan fingerprint density at radius 2 is 1.16 bits per heavy atom. The van der Waals surface area contributed by atoms with Crippen molar-refractivity contribution in [2.75, 3.05) is 54.3 Å². The lowest BCUT2D eigenvalue weighted by atomic mass is 9.85. The minimum Gasteiger partial charge on any atom is -0.493 e. The number of methoxy groups -OCH3 is 4. The van der Waals surface area contributed by atoms with Crippen LogP contribution in [0.2, 0.25) is 0 Å². The van der Waals surface area contributed by atoms with Crippen LogP contribution in [-0.2, 0) is 17.6 Å². The van der Waals surface area contributed by atoms with Crippen LogP contribution in [0.4, 0.5) is 4.79 Å². The zero-order chi connectivity index (χ0) is 45.3. The summed E-state index contributed by atoms with van der Waals surface area (Å²) in [5.41, 5.74) is 1.45. The number of hydrogen-bond acceptors (Lipinski definition) is 9. The van der Waals surface area contributed by atoms with Crippen LogP contribution < -0.4 is 24.3 Å². The molecule has 2 fully saturated rings. The Hall–Kier alpha value is -3.79. The third kappa shape index (κ3) is 8.69. The highest BCUT2D eigenvalue weighted by Gasteiger charge is 2.36. The minimum absolute atomic E-state index is 0.0423. The predicted octanol–water partition coefficient (Wildman–Crippen LogP) is 6.54. The summed E-state index contributed by atoms with van der Waals surface area (Å²) in [6.07, 6.45) is 5.54. The van der Waals surface area contributed by atoms with E-state index in [-0.39, 0.29) is 58.4 Å². The summed E-state index contributed by atoms with van der Waals surface area (Å²) in [5.74, 6) is -0.878. The van der Waals surface area contributed by atoms with Crippen molar-refractivity contribution in [3.8, 4) is 23.0 Å². The molecule has 2 aliphatic carbocycles. The number of ether oxygens (including phenoxy) is 5. The number of fused-ring (bicyclic) bond motifs is 2. The second-order valence-electron chi connectivity index (χ2n) is 14.4. The number of piperidine rings is 2. The molecule has 1 N–H and O–H groups in total. The van der Waals surface area contributed by atoms with Gasteiger partial charge in [0.25, 0.3) is 0 Å². The normalized spacial score (nSPS) is 25.7. The van der Waals surface area contributed by atoms with Crippen molar-refractivity contribution in [2.45, 2.75) is 77.7 Å². The quantitative estimate of drug-likeness (QED) is 0.330. The number of carbonyl (C=O) groups excluding carboxylic acids is 3. The van der Waals surface area contributed by atoms with E-state index in [2.05, 4.69) is 5.32 Å². The van der Waals surface area contributed by atoms with Crippen molar-refractivity contribution in [3.63, 3.8) is 0 Å². The number of Topliss-reactive ketones (excluding diaryl/α,β-unsaturated/α-hetero) is 2. The van der Waals surface area contributed by atoms with Crippen LogP contribution >= 0.6 is 0 Å². The molecular formula is C39H54N2O8. The van der Waals surface area contributed by atoms with E-state index in [9.17, 15) is 14.4 Å². The molecule has 2 aromatic carbocycles. The summed E-state index contributed by atoms with van der Waals surface area (Å²) in [4.78, 5) is 39.9. The van der Waals surface area contributed by atoms with E-state index in [0.29, 0.717) is 60.5 Å². The highest BCUT2D eigenvalue weighted by atomic mass is 16.6. The zero-order valence-corrected chi connectivity index (χ0v) is 28.3. The molecule has 49 heavy (non-hydrogen) atoms. The first-order valence-electron chi connectivity index (χ1n) is 22.9. The molecular weight excluding hydrogens is 624 g/mol. The molecule has 0 saturated carbocycles. The molecule has 0 aromatic heterocycles. The molecule has 2 aromatic rings. The number of carbonyl (C=O) groups is 3. The van der Waals surface area contributed by atoms with E-state index in [0.717, 1.165) is 45.2 Å². The molecule has 10 nitrogen and oxygen atoms in total. The molecule has 0 radical (unpaired) electrons. The third-order valence-electron chi connectivity index (χ3n) is 9.94. The van der Waals surface area contributed by atoms with Crippen molar-refractivity contribution >= 4 is 17.7 Å². The van der Waals surface area contributed by atoms with Gasteiger partial charge in [0, 0.05) is 36.1 Å². The fraction of sp³-hybridized carbons (Fsp3) is 0.615. The van der Waals surface area contributed by atoms with Crippen LogP contribution in [0.5, 0.6) is 23.0 Å². The highest BCUT2D eigenvalue weighted by molar-refractivity contribution is 6.03. The molecule has 2 heterocycles. The Morgan fingerprint density at radius 3 is 1.59 bits per heavy atom. The summed E-state index contributed by atoms with van der Waals surface area (Å²) in [6.45, 7) is 8.48. The summed E-state index contributed by atoms with van der Waals surface area (Å²) < 4.78 is 113. The molecule has 2 unspecified atom stereocenters. The van der Waals surface area contributed by atoms with Gasteiger partial charge < -0.3 is 33.9 Å². The van der Waals surface area contributed by atoms with Crippen molar-refractivity contribution in [3.05, 3.63) is 46.5 Å². The number of rotatable bonds is 8. The maximum Gasteiger partial charge on any atom is 0.410 e. The number of nitrogens with zero attached hydrogens (tertiary/aromatic N) is 1. The summed E-state index contributed by atoms with van der Waals surface area (Å²) in [5, 5.41) is 3.30. The number of amides is 1. The van der Waals surface area contributed by atoms with Gasteiger partial charge in [-0.3, -0.25) is 9.59 Å². The first-order chi connectivity index (χ1) is 28.0. The predicted molar refractivity (Wildman–Crippen MR) is 187 cm³/mol. The first kappa shape index (κ1) is 23.6. The number of likely N-dealkylation sites (tertiary alicyclic amines) is 1. The standard InChI is InChI=1S/C22H31NO5.C17H23NO3/c1-22(2,3)28-21(25)23-8-6-14(7-9-23)10-16-11-15-12-18(26-4)19(27-5)13-17(15)20(16)24;1-20-15-9-12-8-13(7-11-3-5-18-6-4-11)17(19)14(12)10-16(15)21-2/h12-14,16H,6-11H2,1-5H3;9-11,13,18H,3-8H2,1-2H3/i4D3,5D3;1D3,2D3. The second kappa shape index (κ2) is 15.8. The zero-order valence-electron chi connectivity index (χ0n) is 40.3. The molecule has 4 aliphatic rings. The van der Waals surface area contributed by atoms with E-state index in [4.69, 9.17) is 40.1 Å². The Kier molecular flexibility index (Phi) is 7.62. The van der Waals surface area contributed by atoms with Gasteiger partial charge in [0.2, 0.25) is 0 Å². The van der Waals surface area contributed by atoms with Gasteiger partial charge in [-0.15, -0.1) is 0 Å². The van der Waals surface area contributed by atoms with Gasteiger partial charge in [-0.2, -0.15) is 0 Å². The number of nitrogens with one attached hydrogen (secondary N) is 1. The number of ketones is 2. The first-order valence-corrected chi connectivity index (χ1v) is 16.9. The van der Waals surface area contributed by atoms with Crippen molar-refractivity contribution in [1.82, 2.24) is 10.2 Å². The van der Waals surface area contributed by atoms with Gasteiger partial charge in [-0.1, -0.05) is 0 Å². The molecule has 0 bridgehead atoms. The molecule has 2 saturated heterocycles. The van der Waals surface area contributed by atoms with Gasteiger partial charge in [0.1, 0.15) is 5.60 Å². The third-order valence-corrected chi connectivity index (χ3v) is 9.94. The maximum absolute atomic E-state index is 13.1. The summed E-state index contributed by atoms with van der Waals surface area (Å²) in [6, 6.07) is 5.42. The number of hydrogen-bond donors (Lipinski definition) is 1. The van der Waals surface area contributed by atoms with Gasteiger partial charge in [0.15, 0.2) is 34.6 Å². The van der Waals surface area contributed by atoms with Crippen molar-refractivity contribution in [2.24, 2.45) is 23.7 Å². The van der Waals surface area contributed by atoms with E-state index in [1.165, 1.54) is 24.3 Å². The monoisotopic (exact) mass is 690 g/mol. The molecule has 1 amide bonds. The van der Waals surface area contributed by atoms with Gasteiger partial charge >= 0.3 is 6.09 Å². The van der Waals surface area contributed by atoms with Crippen LogP contribution in [0.1, 0.15) is 108 Å². The largest absolute Gasteiger partial charge is 0.493 e. The lowest BCUT2D eigenvalue weighted by Crippen LogP contribution is -2.42. The average Bonchev–Trinajstić information content (AvgIpc) is 3.55. The van der Waals surface area contributed by atoms with E-state index in [1.807, 2.05) is 20.8 Å². The van der Waals surface area contributed by atoms with Crippen LogP contribution in [-0.4, -0.2) is 82.5 Å². The van der Waals surface area contributed by atoms with E-state index >= 15 is 0 Å². The smallest absolute Gasteiger partial charge is 0.410 e. The Balaban J connectivity index is 0.000000237. The molecule has 10 heteroatoms. The Bertz CT molecular complexity index is 1910. The maximum atomic E-state index is 13.1. The lowest BCUT2D eigenvalue weighted by molar-refractivity contribution is 0.0175. The molecule has 6 rings (SSSR count). The SMILES string of the molecule is [2H]C([2H])([2H])Oc1cc2c(cc1OC([2H])([2H])[2H])C(=O)C(CC1CCN(C(=O)OC(C)(C)C)CC1)C2.[2H]C([2H])([2H])Oc1cc2c(cc1OC([2H])([2H])[2H])C(=O)C(CC1CCNCC1)C2. The fourth-order valence-electron chi connectivity index (χ4n) is 7.46. The topological polar surface area (TPSA) is 113 Å². The lowest BCUT2D eigenvalue weighted by Gasteiger charge is -2.34. The Labute approximate surface area is 308 Å². The molecule has 2 aliphatic heterocycles. The Morgan fingerprint density at radius 1 is 0.735 bits per heavy atom. The van der Waals surface area contributed by atoms with E-state index in [1.54, 1.807) is 4.90 Å². The second-order valence-corrected chi connectivity index (χ2v) is 14.4. The minimum atomic E-state index is -2.83. The molecule has 0 spiro atoms.